The van der Waals surface area contributed by atoms with Gasteiger partial charge in [-0.2, -0.15) is 0 Å². The number of esters is 1. The maximum Gasteiger partial charge on any atom is 0.307 e. The predicted octanol–water partition coefficient (Wildman–Crippen LogP) is 6.84. The molecule has 6 rings (SSSR count). The van der Waals surface area contributed by atoms with Gasteiger partial charge in [-0.25, -0.2) is 4.98 Å². The topological polar surface area (TPSA) is 108 Å². The Kier molecular flexibility index (Phi) is 8.39. The first-order chi connectivity index (χ1) is 21.6. The molecule has 230 valence electrons. The third-order valence-corrected chi connectivity index (χ3v) is 8.27. The minimum absolute atomic E-state index is 0.00874. The van der Waals surface area contributed by atoms with Gasteiger partial charge < -0.3 is 19.6 Å². The van der Waals surface area contributed by atoms with Gasteiger partial charge in [-0.1, -0.05) is 60.7 Å². The number of Topliss-reactive ketones (excluding diaryl/α,β-unsaturated/α-hetero) is 1. The molecule has 1 amide bonds. The van der Waals surface area contributed by atoms with Crippen LogP contribution < -0.4 is 0 Å². The normalized spacial score (nSPS) is 15.7. The number of ether oxygens (including phenoxy) is 1. The van der Waals surface area contributed by atoms with Crippen LogP contribution in [0.5, 0.6) is 0 Å². The number of fused-ring (bicyclic) bond motifs is 1. The van der Waals surface area contributed by atoms with Crippen molar-refractivity contribution in [3.05, 3.63) is 103 Å². The Morgan fingerprint density at radius 2 is 1.69 bits per heavy atom. The number of rotatable bonds is 9. The lowest BCUT2D eigenvalue weighted by Gasteiger charge is -2.29. The molecule has 0 aliphatic carbocycles. The minimum atomic E-state index is -0.711. The van der Waals surface area contributed by atoms with Crippen LogP contribution in [0, 0.1) is 0 Å². The van der Waals surface area contributed by atoms with Gasteiger partial charge in [0.1, 0.15) is 5.60 Å². The molecule has 2 atom stereocenters. The van der Waals surface area contributed by atoms with E-state index >= 15 is 0 Å². The van der Waals surface area contributed by atoms with Crippen LogP contribution in [-0.4, -0.2) is 55.7 Å². The zero-order valence-electron chi connectivity index (χ0n) is 25.9. The van der Waals surface area contributed by atoms with E-state index < -0.39 is 23.5 Å². The van der Waals surface area contributed by atoms with E-state index in [0.717, 1.165) is 51.0 Å². The molecule has 8 heteroatoms. The molecule has 0 unspecified atom stereocenters. The number of ketones is 1. The zero-order valence-corrected chi connectivity index (χ0v) is 25.9. The van der Waals surface area contributed by atoms with Crippen molar-refractivity contribution in [1.82, 2.24) is 19.9 Å². The van der Waals surface area contributed by atoms with Gasteiger partial charge in [0.05, 0.1) is 36.6 Å². The molecule has 45 heavy (non-hydrogen) atoms. The maximum atomic E-state index is 14.0. The highest BCUT2D eigenvalue weighted by molar-refractivity contribution is 5.95. The third kappa shape index (κ3) is 6.90. The van der Waals surface area contributed by atoms with E-state index in [-0.39, 0.29) is 24.5 Å². The number of nitrogens with one attached hydrogen (secondary N) is 2. The van der Waals surface area contributed by atoms with Crippen molar-refractivity contribution < 1.29 is 19.1 Å². The number of aromatic amines is 2. The van der Waals surface area contributed by atoms with Crippen LogP contribution in [0.15, 0.2) is 91.4 Å². The molecule has 5 aromatic rings. The lowest BCUT2D eigenvalue weighted by Crippen LogP contribution is -2.44. The first-order valence-corrected chi connectivity index (χ1v) is 15.5. The molecular weight excluding hydrogens is 564 g/mol. The largest absolute Gasteiger partial charge is 0.460 e. The van der Waals surface area contributed by atoms with Crippen molar-refractivity contribution in [3.63, 3.8) is 0 Å². The molecule has 2 N–H and O–H groups in total. The summed E-state index contributed by atoms with van der Waals surface area (Å²) in [7, 11) is 0. The molecule has 1 aliphatic heterocycles. The van der Waals surface area contributed by atoms with Gasteiger partial charge >= 0.3 is 5.97 Å². The van der Waals surface area contributed by atoms with Crippen LogP contribution >= 0.6 is 0 Å². The lowest BCUT2D eigenvalue weighted by molar-refractivity contribution is -0.157. The average molecular weight is 603 g/mol. The molecule has 0 radical (unpaired) electrons. The third-order valence-electron chi connectivity index (χ3n) is 8.27. The molecule has 0 spiro atoms. The summed E-state index contributed by atoms with van der Waals surface area (Å²) < 4.78 is 5.56. The summed E-state index contributed by atoms with van der Waals surface area (Å²) in [6.45, 7) is 5.92. The number of hydrogen-bond acceptors (Lipinski definition) is 5. The number of H-pyrrole nitrogens is 2. The second-order valence-corrected chi connectivity index (χ2v) is 12.7. The zero-order chi connectivity index (χ0) is 31.6. The number of carbonyl (C=O) groups is 3. The smallest absolute Gasteiger partial charge is 0.307 e. The summed E-state index contributed by atoms with van der Waals surface area (Å²) in [6.07, 6.45) is 4.98. The van der Waals surface area contributed by atoms with Crippen molar-refractivity contribution in [2.45, 2.75) is 64.0 Å². The number of amides is 1. The van der Waals surface area contributed by atoms with Crippen molar-refractivity contribution >= 4 is 28.6 Å². The van der Waals surface area contributed by atoms with E-state index in [1.165, 1.54) is 0 Å². The molecule has 1 saturated heterocycles. The summed E-state index contributed by atoms with van der Waals surface area (Å²) >= 11 is 0. The van der Waals surface area contributed by atoms with Gasteiger partial charge in [-0.3, -0.25) is 14.4 Å². The summed E-state index contributed by atoms with van der Waals surface area (Å²) in [5, 5.41) is 1.02. The number of benzene rings is 3. The molecule has 1 fully saturated rings. The molecule has 3 aromatic carbocycles. The van der Waals surface area contributed by atoms with Crippen molar-refractivity contribution in [2.24, 2.45) is 0 Å². The van der Waals surface area contributed by atoms with Gasteiger partial charge in [0.25, 0.3) is 0 Å². The fourth-order valence-electron chi connectivity index (χ4n) is 6.16. The fourth-order valence-corrected chi connectivity index (χ4v) is 6.16. The quantitative estimate of drug-likeness (QED) is 0.180. The van der Waals surface area contributed by atoms with E-state index in [1.54, 1.807) is 17.4 Å². The Bertz CT molecular complexity index is 1800. The van der Waals surface area contributed by atoms with E-state index in [4.69, 9.17) is 4.74 Å². The fraction of sp³-hybridized carbons (Fsp3) is 0.297. The van der Waals surface area contributed by atoms with E-state index in [2.05, 4.69) is 45.3 Å². The average Bonchev–Trinajstić information content (AvgIpc) is 3.80. The molecule has 2 aromatic heterocycles. The molecular formula is C37H38N4O4. The Morgan fingerprint density at radius 3 is 2.38 bits per heavy atom. The first kappa shape index (κ1) is 30.1. The number of carbonyl (C=O) groups excluding carboxylic acids is 3. The van der Waals surface area contributed by atoms with E-state index in [1.807, 2.05) is 69.3 Å². The summed E-state index contributed by atoms with van der Waals surface area (Å²) in [6, 6.07) is 25.2. The van der Waals surface area contributed by atoms with Gasteiger partial charge in [-0.15, -0.1) is 0 Å². The van der Waals surface area contributed by atoms with Crippen LogP contribution in [0.4, 0.5) is 0 Å². The van der Waals surface area contributed by atoms with Crippen LogP contribution in [0.2, 0.25) is 0 Å². The summed E-state index contributed by atoms with van der Waals surface area (Å²) in [4.78, 5) is 52.9. The van der Waals surface area contributed by atoms with E-state index in [0.29, 0.717) is 13.0 Å². The number of imidazole rings is 1. The standard InChI is InChI=1S/C37H38N4O4/c1-37(2,3)45-35(43)21-29(25-8-5-4-6-9-25)36(44)41-17-7-10-33(41)34(42)19-24-11-16-30-28(18-24)20-31(40-30)26-12-14-27(15-13-26)32-22-38-23-39-32/h4-6,8-9,11-16,18,20,22-23,29,33,40H,7,10,17,19,21H2,1-3H3,(H,38,39)/t29-,33+/m1/s1. The number of nitrogens with zero attached hydrogens (tertiary/aromatic N) is 2. The van der Waals surface area contributed by atoms with Gasteiger partial charge in [-0.05, 0) is 74.1 Å². The Labute approximate surface area is 262 Å². The molecule has 0 saturated carbocycles. The highest BCUT2D eigenvalue weighted by Gasteiger charge is 2.38. The Hall–Kier alpha value is -4.98. The monoisotopic (exact) mass is 602 g/mol. The number of hydrogen-bond donors (Lipinski definition) is 2. The second kappa shape index (κ2) is 12.6. The maximum absolute atomic E-state index is 14.0. The van der Waals surface area contributed by atoms with Crippen LogP contribution in [-0.2, 0) is 25.5 Å². The number of likely N-dealkylation sites (tertiary alicyclic amines) is 1. The van der Waals surface area contributed by atoms with Gasteiger partial charge in [0, 0.05) is 29.6 Å². The molecule has 8 nitrogen and oxygen atoms in total. The predicted molar refractivity (Wildman–Crippen MR) is 174 cm³/mol. The minimum Gasteiger partial charge on any atom is -0.460 e. The number of aromatic nitrogens is 3. The summed E-state index contributed by atoms with van der Waals surface area (Å²) in [5.74, 6) is -1.33. The van der Waals surface area contributed by atoms with Crippen LogP contribution in [0.25, 0.3) is 33.4 Å². The van der Waals surface area contributed by atoms with Crippen molar-refractivity contribution in [1.29, 1.82) is 0 Å². The van der Waals surface area contributed by atoms with Crippen LogP contribution in [0.1, 0.15) is 57.1 Å². The van der Waals surface area contributed by atoms with Crippen molar-refractivity contribution in [2.75, 3.05) is 6.54 Å². The summed E-state index contributed by atoms with van der Waals surface area (Å²) in [5.41, 5.74) is 6.07. The SMILES string of the molecule is CC(C)(C)OC(=O)C[C@@H](C(=O)N1CCC[C@H]1C(=O)Cc1ccc2[nH]c(-c3ccc(-c4cnc[nH]4)cc3)cc2c1)c1ccccc1. The Balaban J connectivity index is 1.17. The highest BCUT2D eigenvalue weighted by Crippen LogP contribution is 2.31. The highest BCUT2D eigenvalue weighted by atomic mass is 16.6. The second-order valence-electron chi connectivity index (χ2n) is 12.7. The van der Waals surface area contributed by atoms with Crippen LogP contribution in [0.3, 0.4) is 0 Å². The lowest BCUT2D eigenvalue weighted by atomic mass is 9.93. The Morgan fingerprint density at radius 1 is 0.956 bits per heavy atom. The first-order valence-electron chi connectivity index (χ1n) is 15.5. The molecule has 1 aliphatic rings. The van der Waals surface area contributed by atoms with E-state index in [9.17, 15) is 14.4 Å². The molecule has 0 bridgehead atoms. The van der Waals surface area contributed by atoms with Crippen molar-refractivity contribution in [3.8, 4) is 22.5 Å². The van der Waals surface area contributed by atoms with Gasteiger partial charge in [0.2, 0.25) is 5.91 Å². The molecule has 3 heterocycles. The van der Waals surface area contributed by atoms with Gasteiger partial charge in [0.15, 0.2) is 5.78 Å².